The van der Waals surface area contributed by atoms with Crippen LogP contribution in [-0.4, -0.2) is 24.2 Å². The molecule has 1 aromatic heterocycles. The molecule has 0 saturated heterocycles. The second-order valence-electron chi connectivity index (χ2n) is 3.45. The Hall–Kier alpha value is -1.60. The van der Waals surface area contributed by atoms with Gasteiger partial charge in [0.05, 0.1) is 5.92 Å². The van der Waals surface area contributed by atoms with Gasteiger partial charge in [0.2, 0.25) is 12.2 Å². The lowest BCUT2D eigenvalue weighted by molar-refractivity contribution is -0.0146. The molecular weight excluding hydrogens is 222 g/mol. The van der Waals surface area contributed by atoms with Gasteiger partial charge in [-0.3, -0.25) is 0 Å². The highest BCUT2D eigenvalue weighted by Gasteiger charge is 2.28. The molecular formula is C10H18N5O2. The van der Waals surface area contributed by atoms with Gasteiger partial charge in [-0.1, -0.05) is 6.92 Å². The summed E-state index contributed by atoms with van der Waals surface area (Å²) in [5.74, 6) is 0.322. The first-order valence-corrected chi connectivity index (χ1v) is 5.18. The Morgan fingerprint density at radius 1 is 1.12 bits per heavy atom. The third-order valence-corrected chi connectivity index (χ3v) is 2.47. The molecule has 0 fully saturated rings. The van der Waals surface area contributed by atoms with Crippen LogP contribution in [0.3, 0.4) is 0 Å². The fraction of sp³-hybridized carbons (Fsp3) is 0.500. The Bertz CT molecular complexity index is 358. The summed E-state index contributed by atoms with van der Waals surface area (Å²) in [5, 5.41) is 0. The van der Waals surface area contributed by atoms with Gasteiger partial charge in [-0.15, -0.1) is 0 Å². The average molecular weight is 240 g/mol. The molecule has 0 aliphatic heterocycles. The number of nitrogen functional groups attached to an aromatic ring is 3. The molecule has 1 unspecified atom stereocenters. The van der Waals surface area contributed by atoms with Crippen LogP contribution in [-0.2, 0) is 9.47 Å². The zero-order valence-electron chi connectivity index (χ0n) is 10.2. The predicted octanol–water partition coefficient (Wildman–Crippen LogP) is 0.499. The summed E-state index contributed by atoms with van der Waals surface area (Å²) in [6.45, 7) is 1.96. The molecule has 1 radical (unpaired) electrons. The maximum absolute atomic E-state index is 5.81. The summed E-state index contributed by atoms with van der Waals surface area (Å²) in [6, 6.07) is 0. The quantitative estimate of drug-likeness (QED) is 0.684. The van der Waals surface area contributed by atoms with Crippen molar-refractivity contribution >= 4 is 17.6 Å². The normalized spacial score (nSPS) is 12.9. The Morgan fingerprint density at radius 3 is 1.94 bits per heavy atom. The third kappa shape index (κ3) is 2.75. The summed E-state index contributed by atoms with van der Waals surface area (Å²) in [7, 11) is 3.04. The van der Waals surface area contributed by atoms with Gasteiger partial charge in [-0.05, 0) is 6.42 Å². The monoisotopic (exact) mass is 240 g/mol. The van der Waals surface area contributed by atoms with Crippen LogP contribution in [0.4, 0.5) is 17.6 Å². The van der Waals surface area contributed by atoms with E-state index in [4.69, 9.17) is 26.7 Å². The van der Waals surface area contributed by atoms with Gasteiger partial charge >= 0.3 is 0 Å². The summed E-state index contributed by atoms with van der Waals surface area (Å²) >= 11 is 0. The van der Waals surface area contributed by atoms with Gasteiger partial charge in [0.25, 0.3) is 0 Å². The van der Waals surface area contributed by atoms with Crippen LogP contribution < -0.4 is 17.2 Å². The van der Waals surface area contributed by atoms with E-state index < -0.39 is 0 Å². The molecule has 0 aromatic carbocycles. The van der Waals surface area contributed by atoms with Crippen molar-refractivity contribution in [3.8, 4) is 0 Å². The number of nitrogens with zero attached hydrogens (tertiary/aromatic N) is 2. The summed E-state index contributed by atoms with van der Waals surface area (Å²) in [6.07, 6.45) is 1.11. The van der Waals surface area contributed by atoms with Gasteiger partial charge in [0.15, 0.2) is 0 Å². The predicted molar refractivity (Wildman–Crippen MR) is 65.6 cm³/mol. The fourth-order valence-electron chi connectivity index (χ4n) is 1.74. The minimum absolute atomic E-state index is 0.0509. The molecule has 0 bridgehead atoms. The van der Waals surface area contributed by atoms with E-state index in [1.165, 1.54) is 14.2 Å². The maximum atomic E-state index is 5.81. The number of ether oxygens (including phenoxy) is 2. The van der Waals surface area contributed by atoms with Crippen LogP contribution >= 0.6 is 0 Å². The van der Waals surface area contributed by atoms with Crippen molar-refractivity contribution < 1.29 is 9.47 Å². The molecule has 1 atom stereocenters. The highest BCUT2D eigenvalue weighted by atomic mass is 16.7. The Labute approximate surface area is 100 Å². The lowest BCUT2D eigenvalue weighted by atomic mass is 9.96. The smallest absolute Gasteiger partial charge is 0.231 e. The average Bonchev–Trinajstić information content (AvgIpc) is 2.27. The number of nitrogens with two attached hydrogens (primary N) is 3. The zero-order chi connectivity index (χ0) is 13.0. The number of methoxy groups -OCH3 is 2. The van der Waals surface area contributed by atoms with Crippen molar-refractivity contribution in [1.29, 1.82) is 0 Å². The van der Waals surface area contributed by atoms with Crippen molar-refractivity contribution in [2.75, 3.05) is 31.4 Å². The Kier molecular flexibility index (Phi) is 4.47. The molecule has 0 aliphatic rings. The van der Waals surface area contributed by atoms with Crippen LogP contribution in [0.25, 0.3) is 0 Å². The van der Waals surface area contributed by atoms with Crippen molar-refractivity contribution in [3.05, 3.63) is 11.9 Å². The molecule has 0 spiro atoms. The highest BCUT2D eigenvalue weighted by Crippen LogP contribution is 2.36. The first-order chi connectivity index (χ1) is 8.04. The largest absolute Gasteiger partial charge is 0.383 e. The molecule has 7 heteroatoms. The standard InChI is InChI=1S/C10H18N5O2/c1-4-5(9(16-2)17-3)6-7(11)14-10(13)15-8(6)12/h5H,4H2,1-3H3,(H6,11,12,13,14,15). The van der Waals surface area contributed by atoms with Crippen LogP contribution in [0.2, 0.25) is 0 Å². The summed E-state index contributed by atoms with van der Waals surface area (Å²) in [5.41, 5.74) is 17.7. The van der Waals surface area contributed by atoms with Crippen LogP contribution in [0.15, 0.2) is 0 Å². The fourth-order valence-corrected chi connectivity index (χ4v) is 1.74. The lowest BCUT2D eigenvalue weighted by Gasteiger charge is -2.23. The molecule has 95 valence electrons. The Morgan fingerprint density at radius 2 is 1.59 bits per heavy atom. The zero-order valence-corrected chi connectivity index (χ0v) is 10.2. The molecule has 0 saturated carbocycles. The first-order valence-electron chi connectivity index (χ1n) is 5.18. The van der Waals surface area contributed by atoms with Crippen molar-refractivity contribution in [3.63, 3.8) is 0 Å². The minimum atomic E-state index is -0.217. The van der Waals surface area contributed by atoms with Gasteiger partial charge in [0, 0.05) is 19.8 Å². The van der Waals surface area contributed by atoms with Crippen LogP contribution in [0, 0.1) is 6.29 Å². The molecule has 1 rings (SSSR count). The topological polar surface area (TPSA) is 122 Å². The van der Waals surface area contributed by atoms with E-state index in [1.807, 2.05) is 6.92 Å². The number of aromatic nitrogens is 2. The molecule has 1 aromatic rings. The van der Waals surface area contributed by atoms with Gasteiger partial charge < -0.3 is 26.7 Å². The van der Waals surface area contributed by atoms with Gasteiger partial charge in [-0.25, -0.2) is 0 Å². The van der Waals surface area contributed by atoms with Crippen LogP contribution in [0.1, 0.15) is 24.8 Å². The van der Waals surface area contributed by atoms with Gasteiger partial charge in [-0.2, -0.15) is 9.97 Å². The van der Waals surface area contributed by atoms with E-state index in [0.29, 0.717) is 18.3 Å². The van der Waals surface area contributed by atoms with E-state index in [2.05, 4.69) is 9.97 Å². The van der Waals surface area contributed by atoms with Crippen LogP contribution in [0.5, 0.6) is 0 Å². The molecule has 7 nitrogen and oxygen atoms in total. The SMILES string of the molecule is CCC([C](OC)OC)c1c(N)nc(N)nc1N. The molecule has 0 aliphatic carbocycles. The molecule has 1 heterocycles. The van der Waals surface area contributed by atoms with E-state index in [-0.39, 0.29) is 23.5 Å². The number of hydrogen-bond acceptors (Lipinski definition) is 7. The van der Waals surface area contributed by atoms with Crippen molar-refractivity contribution in [2.45, 2.75) is 19.3 Å². The van der Waals surface area contributed by atoms with E-state index in [9.17, 15) is 0 Å². The summed E-state index contributed by atoms with van der Waals surface area (Å²) in [4.78, 5) is 7.79. The highest BCUT2D eigenvalue weighted by molar-refractivity contribution is 5.58. The number of rotatable bonds is 5. The minimum Gasteiger partial charge on any atom is -0.383 e. The molecule has 17 heavy (non-hydrogen) atoms. The number of anilines is 3. The lowest BCUT2D eigenvalue weighted by Crippen LogP contribution is -2.19. The Balaban J connectivity index is 3.20. The number of hydrogen-bond donors (Lipinski definition) is 3. The van der Waals surface area contributed by atoms with Crippen molar-refractivity contribution in [2.24, 2.45) is 0 Å². The van der Waals surface area contributed by atoms with E-state index in [1.54, 1.807) is 0 Å². The second kappa shape index (κ2) is 5.65. The van der Waals surface area contributed by atoms with E-state index in [0.717, 1.165) is 0 Å². The molecule has 0 amide bonds. The molecule has 6 N–H and O–H groups in total. The van der Waals surface area contributed by atoms with E-state index >= 15 is 0 Å². The third-order valence-electron chi connectivity index (χ3n) is 2.47. The second-order valence-corrected chi connectivity index (χ2v) is 3.45. The first kappa shape index (κ1) is 13.5. The maximum Gasteiger partial charge on any atom is 0.231 e. The summed E-state index contributed by atoms with van der Waals surface area (Å²) < 4.78 is 10.3. The van der Waals surface area contributed by atoms with Gasteiger partial charge in [0.1, 0.15) is 11.6 Å². The van der Waals surface area contributed by atoms with Crippen molar-refractivity contribution in [1.82, 2.24) is 9.97 Å².